The third kappa shape index (κ3) is 2.96. The van der Waals surface area contributed by atoms with Crippen LogP contribution in [0.15, 0.2) is 18.3 Å². The van der Waals surface area contributed by atoms with Crippen LogP contribution in [0.3, 0.4) is 0 Å². The van der Waals surface area contributed by atoms with E-state index in [1.165, 1.54) is 37.7 Å². The number of hydrogen-bond acceptors (Lipinski definition) is 4. The maximum absolute atomic E-state index is 5.38. The Hall–Kier alpha value is -1.13. The number of methoxy groups -OCH3 is 1. The van der Waals surface area contributed by atoms with Crippen molar-refractivity contribution in [1.29, 1.82) is 0 Å². The third-order valence-corrected chi connectivity index (χ3v) is 4.68. The maximum atomic E-state index is 5.38. The Morgan fingerprint density at radius 3 is 3.00 bits per heavy atom. The van der Waals surface area contributed by atoms with Gasteiger partial charge in [-0.25, -0.2) is 4.98 Å². The minimum absolute atomic E-state index is 0.367. The zero-order chi connectivity index (χ0) is 13.8. The van der Waals surface area contributed by atoms with Crippen molar-refractivity contribution in [2.45, 2.75) is 44.2 Å². The molecule has 1 N–H and O–H groups in total. The highest BCUT2D eigenvalue weighted by Crippen LogP contribution is 2.32. The number of nitrogens with one attached hydrogen (secondary N) is 1. The molecule has 1 aromatic heterocycles. The van der Waals surface area contributed by atoms with Crippen LogP contribution in [0, 0.1) is 0 Å². The second-order valence-electron chi connectivity index (χ2n) is 6.15. The van der Waals surface area contributed by atoms with Gasteiger partial charge in [-0.05, 0) is 38.4 Å². The van der Waals surface area contributed by atoms with E-state index >= 15 is 0 Å². The lowest BCUT2D eigenvalue weighted by Gasteiger charge is -2.33. The van der Waals surface area contributed by atoms with Gasteiger partial charge in [0, 0.05) is 30.4 Å². The lowest BCUT2D eigenvalue weighted by atomic mass is 9.97. The van der Waals surface area contributed by atoms with Gasteiger partial charge in [0.15, 0.2) is 0 Å². The lowest BCUT2D eigenvalue weighted by molar-refractivity contribution is 0.201. The highest BCUT2D eigenvalue weighted by atomic mass is 16.5. The molecule has 0 aromatic carbocycles. The summed E-state index contributed by atoms with van der Waals surface area (Å²) in [6.45, 7) is 4.42. The van der Waals surface area contributed by atoms with Gasteiger partial charge < -0.3 is 10.1 Å². The van der Waals surface area contributed by atoms with E-state index < -0.39 is 0 Å². The Morgan fingerprint density at radius 1 is 1.35 bits per heavy atom. The van der Waals surface area contributed by atoms with Gasteiger partial charge in [0.25, 0.3) is 0 Å². The zero-order valence-electron chi connectivity index (χ0n) is 12.4. The molecule has 2 fully saturated rings. The van der Waals surface area contributed by atoms with Crippen molar-refractivity contribution < 1.29 is 4.74 Å². The van der Waals surface area contributed by atoms with E-state index in [-0.39, 0.29) is 0 Å². The van der Waals surface area contributed by atoms with Crippen LogP contribution in [0.4, 0.5) is 0 Å². The topological polar surface area (TPSA) is 37.4 Å². The monoisotopic (exact) mass is 275 g/mol. The standard InChI is InChI=1S/C16H25N3O/c1-20-15-14(6-4-9-17-15)12-19-11-5-10-18-16(13-19)7-2-3-8-16/h4,6,9,18H,2-3,5,7-8,10-13H2,1H3. The summed E-state index contributed by atoms with van der Waals surface area (Å²) in [7, 11) is 1.70. The molecule has 3 rings (SSSR count). The first-order chi connectivity index (χ1) is 9.81. The average Bonchev–Trinajstić information content (AvgIpc) is 2.82. The predicted octanol–water partition coefficient (Wildman–Crippen LogP) is 2.20. The molecule has 0 radical (unpaired) electrons. The second-order valence-corrected chi connectivity index (χ2v) is 6.15. The van der Waals surface area contributed by atoms with Gasteiger partial charge in [-0.1, -0.05) is 18.9 Å². The molecular weight excluding hydrogens is 250 g/mol. The van der Waals surface area contributed by atoms with E-state index in [2.05, 4.69) is 21.3 Å². The highest BCUT2D eigenvalue weighted by Gasteiger charge is 2.36. The summed E-state index contributed by atoms with van der Waals surface area (Å²) in [5.74, 6) is 0.769. The molecule has 4 heteroatoms. The fourth-order valence-electron chi connectivity index (χ4n) is 3.71. The lowest BCUT2D eigenvalue weighted by Crippen LogP contribution is -2.49. The first kappa shape index (κ1) is 13.8. The summed E-state index contributed by atoms with van der Waals surface area (Å²) in [6, 6.07) is 4.13. The van der Waals surface area contributed by atoms with Crippen molar-refractivity contribution in [3.05, 3.63) is 23.9 Å². The smallest absolute Gasteiger partial charge is 0.217 e. The summed E-state index contributed by atoms with van der Waals surface area (Å²) >= 11 is 0. The Labute approximate surface area is 121 Å². The fourth-order valence-corrected chi connectivity index (χ4v) is 3.71. The van der Waals surface area contributed by atoms with Crippen LogP contribution >= 0.6 is 0 Å². The van der Waals surface area contributed by atoms with E-state index in [1.807, 2.05) is 6.07 Å². The predicted molar refractivity (Wildman–Crippen MR) is 79.9 cm³/mol. The van der Waals surface area contributed by atoms with E-state index in [4.69, 9.17) is 4.74 Å². The molecular formula is C16H25N3O. The molecule has 1 aromatic rings. The summed E-state index contributed by atoms with van der Waals surface area (Å²) in [5, 5.41) is 3.81. The number of aromatic nitrogens is 1. The number of pyridine rings is 1. The summed E-state index contributed by atoms with van der Waals surface area (Å²) in [5.41, 5.74) is 1.57. The normalized spacial score (nSPS) is 22.9. The second kappa shape index (κ2) is 6.10. The van der Waals surface area contributed by atoms with Crippen LogP contribution in [0.2, 0.25) is 0 Å². The summed E-state index contributed by atoms with van der Waals surface area (Å²) in [6.07, 6.45) is 8.42. The number of rotatable bonds is 3. The van der Waals surface area contributed by atoms with Gasteiger partial charge in [0.05, 0.1) is 7.11 Å². The van der Waals surface area contributed by atoms with Gasteiger partial charge in [-0.2, -0.15) is 0 Å². The van der Waals surface area contributed by atoms with Crippen LogP contribution < -0.4 is 10.1 Å². The van der Waals surface area contributed by atoms with Gasteiger partial charge in [-0.15, -0.1) is 0 Å². The fraction of sp³-hybridized carbons (Fsp3) is 0.688. The highest BCUT2D eigenvalue weighted by molar-refractivity contribution is 5.25. The third-order valence-electron chi connectivity index (χ3n) is 4.68. The molecule has 1 saturated carbocycles. The van der Waals surface area contributed by atoms with Crippen molar-refractivity contribution >= 4 is 0 Å². The maximum Gasteiger partial charge on any atom is 0.217 e. The molecule has 0 unspecified atom stereocenters. The van der Waals surface area contributed by atoms with Crippen LogP contribution in [0.1, 0.15) is 37.7 Å². The molecule has 1 saturated heterocycles. The van der Waals surface area contributed by atoms with Crippen LogP contribution in [-0.2, 0) is 6.54 Å². The van der Waals surface area contributed by atoms with E-state index in [0.29, 0.717) is 5.54 Å². The summed E-state index contributed by atoms with van der Waals surface area (Å²) in [4.78, 5) is 6.88. The summed E-state index contributed by atoms with van der Waals surface area (Å²) < 4.78 is 5.38. The number of hydrogen-bond donors (Lipinski definition) is 1. The van der Waals surface area contributed by atoms with Gasteiger partial charge in [0.2, 0.25) is 5.88 Å². The van der Waals surface area contributed by atoms with Crippen molar-refractivity contribution in [2.24, 2.45) is 0 Å². The zero-order valence-corrected chi connectivity index (χ0v) is 12.4. The largest absolute Gasteiger partial charge is 0.481 e. The molecule has 0 amide bonds. The molecule has 0 bridgehead atoms. The van der Waals surface area contributed by atoms with E-state index in [1.54, 1.807) is 13.3 Å². The molecule has 1 aliphatic heterocycles. The van der Waals surface area contributed by atoms with E-state index in [9.17, 15) is 0 Å². The van der Waals surface area contributed by atoms with Crippen molar-refractivity contribution in [1.82, 2.24) is 15.2 Å². The quantitative estimate of drug-likeness (QED) is 0.917. The molecule has 20 heavy (non-hydrogen) atoms. The number of nitrogens with zero attached hydrogens (tertiary/aromatic N) is 2. The van der Waals surface area contributed by atoms with Gasteiger partial charge in [-0.3, -0.25) is 4.90 Å². The number of ether oxygens (including phenoxy) is 1. The molecule has 0 atom stereocenters. The molecule has 4 nitrogen and oxygen atoms in total. The minimum Gasteiger partial charge on any atom is -0.481 e. The molecule has 2 aliphatic rings. The van der Waals surface area contributed by atoms with Crippen LogP contribution in [-0.4, -0.2) is 42.2 Å². The Kier molecular flexibility index (Phi) is 4.22. The van der Waals surface area contributed by atoms with Gasteiger partial charge in [0.1, 0.15) is 0 Å². The Bertz CT molecular complexity index is 443. The van der Waals surface area contributed by atoms with Crippen molar-refractivity contribution in [3.8, 4) is 5.88 Å². The van der Waals surface area contributed by atoms with E-state index in [0.717, 1.165) is 32.1 Å². The van der Waals surface area contributed by atoms with Crippen molar-refractivity contribution in [2.75, 3.05) is 26.7 Å². The van der Waals surface area contributed by atoms with Crippen LogP contribution in [0.5, 0.6) is 5.88 Å². The Morgan fingerprint density at radius 2 is 2.20 bits per heavy atom. The molecule has 110 valence electrons. The Balaban J connectivity index is 1.72. The first-order valence-electron chi connectivity index (χ1n) is 7.77. The SMILES string of the molecule is COc1ncccc1CN1CCCNC2(CCCC2)C1. The average molecular weight is 275 g/mol. The van der Waals surface area contributed by atoms with Gasteiger partial charge >= 0.3 is 0 Å². The van der Waals surface area contributed by atoms with Crippen LogP contribution in [0.25, 0.3) is 0 Å². The molecule has 1 aliphatic carbocycles. The first-order valence-corrected chi connectivity index (χ1v) is 7.77. The molecule has 2 heterocycles. The van der Waals surface area contributed by atoms with Crippen molar-refractivity contribution in [3.63, 3.8) is 0 Å². The molecule has 1 spiro atoms. The minimum atomic E-state index is 0.367.